The van der Waals surface area contributed by atoms with E-state index >= 15 is 0 Å². The molecular formula is C48H64N2O4. The van der Waals surface area contributed by atoms with Crippen molar-refractivity contribution in [2.45, 2.75) is 129 Å². The zero-order chi connectivity index (χ0) is 37.8. The summed E-state index contributed by atoms with van der Waals surface area (Å²) < 4.78 is 13.6. The number of carbonyl (C=O) groups is 1. The van der Waals surface area contributed by atoms with Gasteiger partial charge in [0.1, 0.15) is 0 Å². The highest BCUT2D eigenvalue weighted by molar-refractivity contribution is 5.94. The molecule has 0 spiro atoms. The molecule has 2 N–H and O–H groups in total. The SMILES string of the molecule is CCCCCCCCN(CCCCCCCC)C[C@H]1C[C@@H](c2ccc(CO)cc2)O[C@@H](c2ccc(-c3cccc(CNC(=O)c4ccccc4)c3)cc2)O1. The molecule has 0 radical (unpaired) electrons. The van der Waals surface area contributed by atoms with E-state index in [4.69, 9.17) is 9.47 Å². The highest BCUT2D eigenvalue weighted by Gasteiger charge is 2.33. The topological polar surface area (TPSA) is 71.0 Å². The van der Waals surface area contributed by atoms with Crippen LogP contribution in [0.2, 0.25) is 0 Å². The molecule has 1 saturated heterocycles. The molecule has 1 aliphatic rings. The van der Waals surface area contributed by atoms with Crippen molar-refractivity contribution in [3.05, 3.63) is 131 Å². The van der Waals surface area contributed by atoms with E-state index in [1.165, 1.54) is 77.0 Å². The first-order valence-electron chi connectivity index (χ1n) is 20.8. The Balaban J connectivity index is 1.27. The van der Waals surface area contributed by atoms with Crippen LogP contribution < -0.4 is 5.32 Å². The Morgan fingerprint density at radius 1 is 0.667 bits per heavy atom. The average molecular weight is 733 g/mol. The van der Waals surface area contributed by atoms with Crippen molar-refractivity contribution in [3.8, 4) is 11.1 Å². The Morgan fingerprint density at radius 3 is 1.94 bits per heavy atom. The van der Waals surface area contributed by atoms with Gasteiger partial charge in [-0.3, -0.25) is 4.79 Å². The van der Waals surface area contributed by atoms with Crippen molar-refractivity contribution < 1.29 is 19.4 Å². The minimum Gasteiger partial charge on any atom is -0.392 e. The normalized spacial score (nSPS) is 17.1. The number of rotatable bonds is 23. The van der Waals surface area contributed by atoms with Crippen LogP contribution in [0, 0.1) is 0 Å². The van der Waals surface area contributed by atoms with Crippen molar-refractivity contribution in [1.82, 2.24) is 10.2 Å². The minimum absolute atomic E-state index is 0.0313. The zero-order valence-electron chi connectivity index (χ0n) is 32.9. The quantitative estimate of drug-likeness (QED) is 0.0743. The fourth-order valence-corrected chi connectivity index (χ4v) is 7.41. The van der Waals surface area contributed by atoms with Gasteiger partial charge in [0.25, 0.3) is 5.91 Å². The summed E-state index contributed by atoms with van der Waals surface area (Å²) in [6, 6.07) is 34.4. The molecule has 290 valence electrons. The second kappa shape index (κ2) is 23.2. The van der Waals surface area contributed by atoms with Gasteiger partial charge in [-0.05, 0) is 71.9 Å². The maximum absolute atomic E-state index is 12.6. The Hall–Kier alpha value is -3.81. The summed E-state index contributed by atoms with van der Waals surface area (Å²) in [5.41, 5.74) is 6.93. The van der Waals surface area contributed by atoms with Crippen LogP contribution in [-0.4, -0.2) is 41.7 Å². The van der Waals surface area contributed by atoms with Crippen LogP contribution in [0.4, 0.5) is 0 Å². The molecule has 0 aliphatic carbocycles. The number of benzene rings is 4. The van der Waals surface area contributed by atoms with Crippen LogP contribution in [0.25, 0.3) is 11.1 Å². The van der Waals surface area contributed by atoms with Gasteiger partial charge >= 0.3 is 0 Å². The number of unbranched alkanes of at least 4 members (excludes halogenated alkanes) is 10. The molecular weight excluding hydrogens is 669 g/mol. The molecule has 0 saturated carbocycles. The van der Waals surface area contributed by atoms with Gasteiger partial charge in [0.05, 0.1) is 18.8 Å². The molecule has 6 nitrogen and oxygen atoms in total. The van der Waals surface area contributed by atoms with Crippen LogP contribution in [-0.2, 0) is 22.6 Å². The van der Waals surface area contributed by atoms with Crippen molar-refractivity contribution in [2.75, 3.05) is 19.6 Å². The molecule has 1 heterocycles. The number of carbonyl (C=O) groups excluding carboxylic acids is 1. The Bertz CT molecular complexity index is 1610. The van der Waals surface area contributed by atoms with Crippen molar-refractivity contribution in [2.24, 2.45) is 0 Å². The monoisotopic (exact) mass is 732 g/mol. The van der Waals surface area contributed by atoms with E-state index in [-0.39, 0.29) is 24.7 Å². The van der Waals surface area contributed by atoms with Crippen molar-refractivity contribution in [3.63, 3.8) is 0 Å². The minimum atomic E-state index is -0.482. The van der Waals surface area contributed by atoms with Crippen molar-refractivity contribution in [1.29, 1.82) is 0 Å². The number of hydrogen-bond donors (Lipinski definition) is 2. The Kier molecular flexibility index (Phi) is 17.8. The number of amides is 1. The van der Waals surface area contributed by atoms with Gasteiger partial charge in [0.15, 0.2) is 6.29 Å². The molecule has 54 heavy (non-hydrogen) atoms. The third-order valence-electron chi connectivity index (χ3n) is 10.7. The average Bonchev–Trinajstić information content (AvgIpc) is 3.22. The number of aliphatic hydroxyl groups excluding tert-OH is 1. The predicted octanol–water partition coefficient (Wildman–Crippen LogP) is 11.3. The second-order valence-corrected chi connectivity index (χ2v) is 15.1. The predicted molar refractivity (Wildman–Crippen MR) is 221 cm³/mol. The fourth-order valence-electron chi connectivity index (χ4n) is 7.41. The molecule has 0 bridgehead atoms. The van der Waals surface area contributed by atoms with Gasteiger partial charge < -0.3 is 24.8 Å². The summed E-state index contributed by atoms with van der Waals surface area (Å²) >= 11 is 0. The molecule has 3 atom stereocenters. The van der Waals surface area contributed by atoms with Crippen LogP contribution in [0.5, 0.6) is 0 Å². The standard InChI is InChI=1S/C48H64N2O4/c1-3-5-7-9-11-16-31-50(32-17-12-10-8-6-4-2)36-45-34-46(41-25-23-38(37-51)24-26-41)54-48(53-45)43-29-27-40(28-30-43)44-22-18-19-39(33-44)35-49-47(52)42-20-14-13-15-21-42/h13-15,18-30,33,45-46,48,51H,3-12,16-17,31-32,34-37H2,1-2H3,(H,49,52)/t45-,46+,48+/m1/s1. The summed E-state index contributed by atoms with van der Waals surface area (Å²) in [7, 11) is 0. The highest BCUT2D eigenvalue weighted by Crippen LogP contribution is 2.39. The van der Waals surface area contributed by atoms with Crippen molar-refractivity contribution >= 4 is 5.91 Å². The number of nitrogens with zero attached hydrogens (tertiary/aromatic N) is 1. The third kappa shape index (κ3) is 13.5. The van der Waals surface area contributed by atoms with Gasteiger partial charge in [-0.1, -0.05) is 163 Å². The van der Waals surface area contributed by atoms with Crippen LogP contribution in [0.1, 0.15) is 142 Å². The van der Waals surface area contributed by atoms with Crippen LogP contribution in [0.3, 0.4) is 0 Å². The van der Waals surface area contributed by atoms with E-state index in [9.17, 15) is 9.90 Å². The lowest BCUT2D eigenvalue weighted by Gasteiger charge is -2.38. The summed E-state index contributed by atoms with van der Waals surface area (Å²) in [6.45, 7) is 8.19. The molecule has 1 aliphatic heterocycles. The summed E-state index contributed by atoms with van der Waals surface area (Å²) in [5.74, 6) is -0.0771. The molecule has 1 fully saturated rings. The molecule has 4 aromatic carbocycles. The summed E-state index contributed by atoms with van der Waals surface area (Å²) in [5, 5.41) is 12.7. The number of hydrogen-bond acceptors (Lipinski definition) is 5. The lowest BCUT2D eigenvalue weighted by atomic mass is 9.98. The zero-order valence-corrected chi connectivity index (χ0v) is 32.9. The van der Waals surface area contributed by atoms with E-state index in [1.807, 2.05) is 54.6 Å². The van der Waals surface area contributed by atoms with Gasteiger partial charge in [-0.2, -0.15) is 0 Å². The maximum atomic E-state index is 12.6. The van der Waals surface area contributed by atoms with Crippen LogP contribution >= 0.6 is 0 Å². The summed E-state index contributed by atoms with van der Waals surface area (Å²) in [6.07, 6.45) is 15.9. The molecule has 5 rings (SSSR count). The Morgan fingerprint density at radius 2 is 1.30 bits per heavy atom. The highest BCUT2D eigenvalue weighted by atomic mass is 16.7. The van der Waals surface area contributed by atoms with Crippen LogP contribution in [0.15, 0.2) is 103 Å². The largest absolute Gasteiger partial charge is 0.392 e. The van der Waals surface area contributed by atoms with Gasteiger partial charge in [0, 0.05) is 30.6 Å². The van der Waals surface area contributed by atoms with E-state index in [0.717, 1.165) is 59.4 Å². The van der Waals surface area contributed by atoms with E-state index < -0.39 is 6.29 Å². The maximum Gasteiger partial charge on any atom is 0.251 e. The van der Waals surface area contributed by atoms with E-state index in [0.29, 0.717) is 12.1 Å². The number of nitrogens with one attached hydrogen (secondary N) is 1. The molecule has 1 amide bonds. The van der Waals surface area contributed by atoms with E-state index in [1.54, 1.807) is 0 Å². The first-order valence-corrected chi connectivity index (χ1v) is 20.8. The van der Waals surface area contributed by atoms with Gasteiger partial charge in [-0.25, -0.2) is 0 Å². The lowest BCUT2D eigenvalue weighted by molar-refractivity contribution is -0.253. The van der Waals surface area contributed by atoms with Gasteiger partial charge in [0.2, 0.25) is 0 Å². The van der Waals surface area contributed by atoms with E-state index in [2.05, 4.69) is 72.6 Å². The molecule has 6 heteroatoms. The first-order chi connectivity index (χ1) is 26.6. The molecule has 4 aromatic rings. The molecule has 0 unspecified atom stereocenters. The third-order valence-corrected chi connectivity index (χ3v) is 10.7. The smallest absolute Gasteiger partial charge is 0.251 e. The number of ether oxygens (including phenoxy) is 2. The summed E-state index contributed by atoms with van der Waals surface area (Å²) in [4.78, 5) is 15.3. The Labute approximate surface area is 325 Å². The van der Waals surface area contributed by atoms with Gasteiger partial charge in [-0.15, -0.1) is 0 Å². The number of aliphatic hydroxyl groups is 1. The molecule has 0 aromatic heterocycles. The fraction of sp³-hybridized carbons (Fsp3) is 0.479. The lowest BCUT2D eigenvalue weighted by Crippen LogP contribution is -2.40. The first kappa shape index (κ1) is 41.4. The second-order valence-electron chi connectivity index (χ2n) is 15.1.